The maximum absolute atomic E-state index is 11.9. The average molecular weight is 341 g/mol. The Bertz CT molecular complexity index is 695. The molecule has 2 aromatic carbocycles. The van der Waals surface area contributed by atoms with E-state index in [0.717, 1.165) is 17.5 Å². The van der Waals surface area contributed by atoms with Gasteiger partial charge in [-0.05, 0) is 29.0 Å². The van der Waals surface area contributed by atoms with Gasteiger partial charge in [0.25, 0.3) is 0 Å². The minimum Gasteiger partial charge on any atom is -0.479 e. The van der Waals surface area contributed by atoms with E-state index in [1.807, 2.05) is 42.5 Å². The first-order chi connectivity index (χ1) is 12.0. The molecular weight excluding hydrogens is 318 g/mol. The van der Waals surface area contributed by atoms with Crippen molar-refractivity contribution in [3.8, 4) is 0 Å². The summed E-state index contributed by atoms with van der Waals surface area (Å²) < 4.78 is 5.09. The van der Waals surface area contributed by atoms with Crippen LogP contribution in [-0.4, -0.2) is 17.2 Å². The summed E-state index contributed by atoms with van der Waals surface area (Å²) in [5.41, 5.74) is 2.48. The lowest BCUT2D eigenvalue weighted by atomic mass is 9.99. The van der Waals surface area contributed by atoms with Gasteiger partial charge in [0.2, 0.25) is 0 Å². The highest BCUT2D eigenvalue weighted by molar-refractivity contribution is 5.81. The summed E-state index contributed by atoms with van der Waals surface area (Å²) in [4.78, 5) is 23.4. The second-order valence-corrected chi connectivity index (χ2v) is 6.32. The van der Waals surface area contributed by atoms with Gasteiger partial charge in [-0.15, -0.1) is 0 Å². The van der Waals surface area contributed by atoms with Crippen molar-refractivity contribution < 1.29 is 19.4 Å². The number of nitrogens with one attached hydrogen (secondary N) is 1. The molecule has 5 heteroatoms. The van der Waals surface area contributed by atoms with Crippen LogP contribution >= 0.6 is 0 Å². The van der Waals surface area contributed by atoms with Gasteiger partial charge in [-0.2, -0.15) is 0 Å². The fourth-order valence-corrected chi connectivity index (χ4v) is 2.49. The van der Waals surface area contributed by atoms with E-state index in [2.05, 4.69) is 19.2 Å². The van der Waals surface area contributed by atoms with Crippen LogP contribution in [0.4, 0.5) is 4.79 Å². The zero-order chi connectivity index (χ0) is 18.2. The van der Waals surface area contributed by atoms with Crippen LogP contribution in [0, 0.1) is 5.92 Å². The summed E-state index contributed by atoms with van der Waals surface area (Å²) >= 11 is 0. The van der Waals surface area contributed by atoms with Crippen LogP contribution in [0.1, 0.15) is 36.6 Å². The molecule has 2 rings (SSSR count). The lowest BCUT2D eigenvalue weighted by molar-refractivity contribution is -0.139. The quantitative estimate of drug-likeness (QED) is 0.800. The normalized spacial score (nSPS) is 11.8. The molecule has 0 aliphatic rings. The SMILES string of the molecule is CC(C)Cc1ccc(C(NC(=O)OCc2ccccc2)C(=O)O)cc1. The minimum atomic E-state index is -1.14. The fraction of sp³-hybridized carbons (Fsp3) is 0.300. The van der Waals surface area contributed by atoms with E-state index in [4.69, 9.17) is 4.74 Å². The van der Waals surface area contributed by atoms with Crippen molar-refractivity contribution in [2.24, 2.45) is 5.92 Å². The molecule has 2 N–H and O–H groups in total. The molecule has 0 bridgehead atoms. The van der Waals surface area contributed by atoms with Crippen LogP contribution in [0.2, 0.25) is 0 Å². The number of ether oxygens (including phenoxy) is 1. The number of rotatable bonds is 7. The van der Waals surface area contributed by atoms with Gasteiger partial charge in [-0.25, -0.2) is 9.59 Å². The standard InChI is InChI=1S/C20H23NO4/c1-14(2)12-15-8-10-17(11-9-15)18(19(22)23)21-20(24)25-13-16-6-4-3-5-7-16/h3-11,14,18H,12-13H2,1-2H3,(H,21,24)(H,22,23). The van der Waals surface area contributed by atoms with Crippen molar-refractivity contribution in [2.45, 2.75) is 32.9 Å². The van der Waals surface area contributed by atoms with Crippen LogP contribution in [0.25, 0.3) is 0 Å². The summed E-state index contributed by atoms with van der Waals surface area (Å²) in [6, 6.07) is 15.3. The Morgan fingerprint density at radius 1 is 1.00 bits per heavy atom. The minimum absolute atomic E-state index is 0.0896. The van der Waals surface area contributed by atoms with E-state index in [1.165, 1.54) is 0 Å². The molecule has 1 atom stereocenters. The number of alkyl carbamates (subject to hydrolysis) is 1. The molecule has 1 amide bonds. The molecule has 5 nitrogen and oxygen atoms in total. The van der Waals surface area contributed by atoms with Gasteiger partial charge in [0, 0.05) is 0 Å². The van der Waals surface area contributed by atoms with Crippen molar-refractivity contribution in [2.75, 3.05) is 0 Å². The number of carboxylic acid groups (broad SMARTS) is 1. The monoisotopic (exact) mass is 341 g/mol. The van der Waals surface area contributed by atoms with Crippen LogP contribution < -0.4 is 5.32 Å². The third-order valence-corrected chi connectivity index (χ3v) is 3.68. The fourth-order valence-electron chi connectivity index (χ4n) is 2.49. The van der Waals surface area contributed by atoms with Crippen molar-refractivity contribution in [3.05, 3.63) is 71.3 Å². The van der Waals surface area contributed by atoms with E-state index in [1.54, 1.807) is 12.1 Å². The highest BCUT2D eigenvalue weighted by Crippen LogP contribution is 2.17. The van der Waals surface area contributed by atoms with E-state index in [9.17, 15) is 14.7 Å². The first-order valence-corrected chi connectivity index (χ1v) is 8.24. The molecule has 25 heavy (non-hydrogen) atoms. The van der Waals surface area contributed by atoms with Gasteiger partial charge in [-0.3, -0.25) is 0 Å². The van der Waals surface area contributed by atoms with E-state index >= 15 is 0 Å². The van der Waals surface area contributed by atoms with E-state index in [-0.39, 0.29) is 6.61 Å². The summed E-state index contributed by atoms with van der Waals surface area (Å²) in [7, 11) is 0. The Labute approximate surface area is 147 Å². The number of hydrogen-bond donors (Lipinski definition) is 2. The number of aliphatic carboxylic acids is 1. The summed E-state index contributed by atoms with van der Waals surface area (Å²) in [5.74, 6) is -0.611. The number of benzene rings is 2. The van der Waals surface area contributed by atoms with Crippen LogP contribution in [0.15, 0.2) is 54.6 Å². The third kappa shape index (κ3) is 5.95. The largest absolute Gasteiger partial charge is 0.479 e. The van der Waals surface area contributed by atoms with Gasteiger partial charge in [0.1, 0.15) is 6.61 Å². The Kier molecular flexibility index (Phi) is 6.57. The molecule has 0 aromatic heterocycles. The van der Waals surface area contributed by atoms with Crippen molar-refractivity contribution in [1.82, 2.24) is 5.32 Å². The first-order valence-electron chi connectivity index (χ1n) is 8.24. The van der Waals surface area contributed by atoms with E-state index in [0.29, 0.717) is 11.5 Å². The second-order valence-electron chi connectivity index (χ2n) is 6.32. The van der Waals surface area contributed by atoms with Gasteiger partial charge < -0.3 is 15.2 Å². The molecule has 0 spiro atoms. The topological polar surface area (TPSA) is 75.6 Å². The summed E-state index contributed by atoms with van der Waals surface area (Å²) in [5, 5.41) is 11.8. The van der Waals surface area contributed by atoms with Crippen molar-refractivity contribution in [3.63, 3.8) is 0 Å². The van der Waals surface area contributed by atoms with Crippen LogP contribution in [0.3, 0.4) is 0 Å². The molecule has 0 radical (unpaired) electrons. The number of carbonyl (C=O) groups is 2. The van der Waals surface area contributed by atoms with Crippen LogP contribution in [-0.2, 0) is 22.6 Å². The smallest absolute Gasteiger partial charge is 0.408 e. The molecule has 132 valence electrons. The summed E-state index contributed by atoms with van der Waals surface area (Å²) in [6.07, 6.45) is 0.160. The van der Waals surface area contributed by atoms with Crippen LogP contribution in [0.5, 0.6) is 0 Å². The first kappa shape index (κ1) is 18.5. The molecule has 0 aliphatic carbocycles. The molecule has 0 fully saturated rings. The number of hydrogen-bond acceptors (Lipinski definition) is 3. The predicted molar refractivity (Wildman–Crippen MR) is 95.1 cm³/mol. The Balaban J connectivity index is 1.98. The molecule has 0 saturated heterocycles. The summed E-state index contributed by atoms with van der Waals surface area (Å²) in [6.45, 7) is 4.34. The lowest BCUT2D eigenvalue weighted by Gasteiger charge is -2.16. The molecule has 1 unspecified atom stereocenters. The molecular formula is C20H23NO4. The highest BCUT2D eigenvalue weighted by atomic mass is 16.5. The van der Waals surface area contributed by atoms with Gasteiger partial charge in [0.15, 0.2) is 6.04 Å². The Morgan fingerprint density at radius 2 is 1.64 bits per heavy atom. The number of carbonyl (C=O) groups excluding carboxylic acids is 1. The zero-order valence-corrected chi connectivity index (χ0v) is 14.4. The van der Waals surface area contributed by atoms with Crippen molar-refractivity contribution >= 4 is 12.1 Å². The third-order valence-electron chi connectivity index (χ3n) is 3.68. The highest BCUT2D eigenvalue weighted by Gasteiger charge is 2.22. The second kappa shape index (κ2) is 8.87. The average Bonchev–Trinajstić information content (AvgIpc) is 2.59. The number of carboxylic acids is 1. The lowest BCUT2D eigenvalue weighted by Crippen LogP contribution is -2.34. The molecule has 0 saturated carbocycles. The van der Waals surface area contributed by atoms with Crippen molar-refractivity contribution in [1.29, 1.82) is 0 Å². The Morgan fingerprint density at radius 3 is 2.20 bits per heavy atom. The maximum atomic E-state index is 11.9. The predicted octanol–water partition coefficient (Wildman–Crippen LogP) is 3.94. The zero-order valence-electron chi connectivity index (χ0n) is 14.4. The maximum Gasteiger partial charge on any atom is 0.408 e. The van der Waals surface area contributed by atoms with E-state index < -0.39 is 18.1 Å². The van der Waals surface area contributed by atoms with Gasteiger partial charge in [0.05, 0.1) is 0 Å². The Hall–Kier alpha value is -2.82. The molecule has 0 aliphatic heterocycles. The molecule has 0 heterocycles. The number of amides is 1. The van der Waals surface area contributed by atoms with Gasteiger partial charge >= 0.3 is 12.1 Å². The molecule has 2 aromatic rings. The van der Waals surface area contributed by atoms with Gasteiger partial charge in [-0.1, -0.05) is 68.4 Å².